The highest BCUT2D eigenvalue weighted by atomic mass is 32.1. The van der Waals surface area contributed by atoms with Gasteiger partial charge in [-0.1, -0.05) is 11.3 Å². The number of thiazole rings is 1. The molecule has 9 nitrogen and oxygen atoms in total. The fourth-order valence-corrected chi connectivity index (χ4v) is 3.86. The fraction of sp³-hybridized carbons (Fsp3) is 0.200. The van der Waals surface area contributed by atoms with Crippen LogP contribution < -0.4 is 25.8 Å². The Balaban J connectivity index is 1.93. The molecule has 3 aromatic rings. The maximum absolute atomic E-state index is 12.9. The summed E-state index contributed by atoms with van der Waals surface area (Å²) >= 11 is 0.843. The van der Waals surface area contributed by atoms with Gasteiger partial charge in [-0.2, -0.15) is 17.6 Å². The van der Waals surface area contributed by atoms with Crippen LogP contribution in [0.2, 0.25) is 0 Å². The number of primary amides is 1. The van der Waals surface area contributed by atoms with Crippen LogP contribution in [0.3, 0.4) is 0 Å². The lowest BCUT2D eigenvalue weighted by Gasteiger charge is -2.26. The van der Waals surface area contributed by atoms with Gasteiger partial charge >= 0.3 is 13.2 Å². The summed E-state index contributed by atoms with van der Waals surface area (Å²) in [5, 5.41) is 0.106. The molecule has 3 rings (SSSR count). The fourth-order valence-electron chi connectivity index (χ4n) is 2.81. The molecule has 0 aliphatic rings. The van der Waals surface area contributed by atoms with Crippen LogP contribution >= 0.6 is 11.3 Å². The second-order valence-corrected chi connectivity index (χ2v) is 7.60. The van der Waals surface area contributed by atoms with Gasteiger partial charge in [-0.15, -0.1) is 0 Å². The number of benzene rings is 1. The van der Waals surface area contributed by atoms with Crippen molar-refractivity contribution in [2.75, 3.05) is 10.6 Å². The van der Waals surface area contributed by atoms with E-state index in [4.69, 9.17) is 11.5 Å². The summed E-state index contributed by atoms with van der Waals surface area (Å²) in [5.41, 5.74) is 11.8. The minimum absolute atomic E-state index is 0.0183. The number of carbonyl (C=O) groups is 2. The number of nitrogens with zero attached hydrogens (tertiary/aromatic N) is 3. The van der Waals surface area contributed by atoms with Gasteiger partial charge in [0.2, 0.25) is 17.6 Å². The Morgan fingerprint density at radius 1 is 1.03 bits per heavy atom. The van der Waals surface area contributed by atoms with Crippen molar-refractivity contribution in [3.63, 3.8) is 0 Å². The van der Waals surface area contributed by atoms with Gasteiger partial charge in [-0.05, 0) is 37.3 Å². The number of ether oxygens (including phenoxy) is 2. The standard InChI is InChI=1S/C20H17F4N5O4S/c1-9(17(26)31)29(11-4-7-13(27-8-11)33-19(23)24)20-28-16(25)15(34-20)14(30)10-2-5-12(6-3-10)32-18(21)22/h2-9,18-19H,25H2,1H3,(H2,26,31)/t9-/m1/s1. The second-order valence-electron chi connectivity index (χ2n) is 6.62. The first-order valence-electron chi connectivity index (χ1n) is 9.42. The average molecular weight is 499 g/mol. The summed E-state index contributed by atoms with van der Waals surface area (Å²) in [5.74, 6) is -1.92. The second kappa shape index (κ2) is 10.3. The van der Waals surface area contributed by atoms with E-state index in [0.717, 1.165) is 23.6 Å². The normalized spacial score (nSPS) is 12.0. The summed E-state index contributed by atoms with van der Waals surface area (Å²) in [6.07, 6.45) is 1.16. The Kier molecular flexibility index (Phi) is 7.50. The molecule has 2 heterocycles. The summed E-state index contributed by atoms with van der Waals surface area (Å²) in [6, 6.07) is 6.51. The number of pyridine rings is 1. The summed E-state index contributed by atoms with van der Waals surface area (Å²) in [6.45, 7) is -4.61. The maximum Gasteiger partial charge on any atom is 0.388 e. The minimum Gasteiger partial charge on any atom is -0.435 e. The van der Waals surface area contributed by atoms with Crippen LogP contribution in [0.5, 0.6) is 11.6 Å². The number of nitrogen functional groups attached to an aromatic ring is 1. The number of nitrogens with two attached hydrogens (primary N) is 2. The van der Waals surface area contributed by atoms with Crippen LogP contribution in [-0.2, 0) is 4.79 Å². The molecule has 0 saturated heterocycles. The SMILES string of the molecule is C[C@H](C(N)=O)N(c1ccc(OC(F)F)nc1)c1nc(N)c(C(=O)c2ccc(OC(F)F)cc2)s1. The summed E-state index contributed by atoms with van der Waals surface area (Å²) in [4.78, 5) is 34.1. The highest BCUT2D eigenvalue weighted by molar-refractivity contribution is 7.18. The van der Waals surface area contributed by atoms with Crippen LogP contribution in [0.1, 0.15) is 22.2 Å². The molecule has 0 aliphatic carbocycles. The van der Waals surface area contributed by atoms with Crippen LogP contribution in [0.15, 0.2) is 42.6 Å². The number of alkyl halides is 4. The molecule has 1 atom stereocenters. The van der Waals surface area contributed by atoms with Crippen molar-refractivity contribution in [1.82, 2.24) is 9.97 Å². The monoisotopic (exact) mass is 499 g/mol. The van der Waals surface area contributed by atoms with Gasteiger partial charge in [0.1, 0.15) is 22.5 Å². The van der Waals surface area contributed by atoms with Gasteiger partial charge < -0.3 is 25.8 Å². The Morgan fingerprint density at radius 2 is 1.68 bits per heavy atom. The predicted octanol–water partition coefficient (Wildman–Crippen LogP) is 3.57. The van der Waals surface area contributed by atoms with E-state index in [9.17, 15) is 27.2 Å². The molecule has 4 N–H and O–H groups in total. The first-order chi connectivity index (χ1) is 16.1. The van der Waals surface area contributed by atoms with Gasteiger partial charge in [0, 0.05) is 11.6 Å². The minimum atomic E-state index is -3.07. The first kappa shape index (κ1) is 24.7. The quantitative estimate of drug-likeness (QED) is 0.320. The van der Waals surface area contributed by atoms with Crippen molar-refractivity contribution >= 4 is 39.7 Å². The van der Waals surface area contributed by atoms with Gasteiger partial charge in [0.15, 0.2) is 5.13 Å². The van der Waals surface area contributed by atoms with E-state index >= 15 is 0 Å². The van der Waals surface area contributed by atoms with Crippen molar-refractivity contribution in [2.45, 2.75) is 26.2 Å². The molecule has 1 amide bonds. The topological polar surface area (TPSA) is 134 Å². The third-order valence-corrected chi connectivity index (χ3v) is 5.47. The van der Waals surface area contributed by atoms with E-state index in [1.807, 2.05) is 0 Å². The molecule has 0 spiro atoms. The molecule has 14 heteroatoms. The molecule has 180 valence electrons. The van der Waals surface area contributed by atoms with Crippen molar-refractivity contribution < 1.29 is 36.6 Å². The van der Waals surface area contributed by atoms with Crippen molar-refractivity contribution in [1.29, 1.82) is 0 Å². The maximum atomic E-state index is 12.9. The number of ketones is 1. The van der Waals surface area contributed by atoms with E-state index in [0.29, 0.717) is 0 Å². The Hall–Kier alpha value is -3.94. The van der Waals surface area contributed by atoms with Crippen LogP contribution in [0.25, 0.3) is 0 Å². The summed E-state index contributed by atoms with van der Waals surface area (Å²) < 4.78 is 57.9. The Morgan fingerprint density at radius 3 is 2.21 bits per heavy atom. The molecule has 1 aromatic carbocycles. The number of aromatic nitrogens is 2. The molecule has 0 unspecified atom stereocenters. The Bertz CT molecular complexity index is 1160. The van der Waals surface area contributed by atoms with Crippen molar-refractivity contribution in [3.8, 4) is 11.6 Å². The number of hydrogen-bond donors (Lipinski definition) is 2. The van der Waals surface area contributed by atoms with Crippen LogP contribution in [0, 0.1) is 0 Å². The molecular weight excluding hydrogens is 482 g/mol. The number of rotatable bonds is 10. The van der Waals surface area contributed by atoms with E-state index in [1.54, 1.807) is 0 Å². The van der Waals surface area contributed by atoms with Crippen LogP contribution in [0.4, 0.5) is 34.2 Å². The molecule has 0 radical (unpaired) electrons. The molecule has 34 heavy (non-hydrogen) atoms. The number of anilines is 3. The third-order valence-electron chi connectivity index (χ3n) is 4.40. The zero-order valence-electron chi connectivity index (χ0n) is 17.3. The zero-order valence-corrected chi connectivity index (χ0v) is 18.1. The molecule has 2 aromatic heterocycles. The largest absolute Gasteiger partial charge is 0.435 e. The van der Waals surface area contributed by atoms with E-state index in [2.05, 4.69) is 19.4 Å². The van der Waals surface area contributed by atoms with Crippen molar-refractivity contribution in [2.24, 2.45) is 5.73 Å². The molecular formula is C20H17F4N5O4S. The van der Waals surface area contributed by atoms with Crippen molar-refractivity contribution in [3.05, 3.63) is 53.0 Å². The van der Waals surface area contributed by atoms with Gasteiger partial charge in [0.05, 0.1) is 11.9 Å². The molecule has 0 aliphatic heterocycles. The third kappa shape index (κ3) is 5.70. The number of carbonyl (C=O) groups excluding carboxylic acids is 2. The molecule has 0 fully saturated rings. The lowest BCUT2D eigenvalue weighted by atomic mass is 10.1. The first-order valence-corrected chi connectivity index (χ1v) is 10.2. The Labute approximate surface area is 193 Å². The number of halogens is 4. The van der Waals surface area contributed by atoms with Gasteiger partial charge in [-0.3, -0.25) is 9.59 Å². The smallest absolute Gasteiger partial charge is 0.388 e. The van der Waals surface area contributed by atoms with Gasteiger partial charge in [-0.25, -0.2) is 9.97 Å². The van der Waals surface area contributed by atoms with E-state index in [-0.39, 0.29) is 38.7 Å². The van der Waals surface area contributed by atoms with E-state index in [1.165, 1.54) is 42.2 Å². The lowest BCUT2D eigenvalue weighted by molar-refractivity contribution is -0.118. The zero-order chi connectivity index (χ0) is 25.0. The summed E-state index contributed by atoms with van der Waals surface area (Å²) in [7, 11) is 0. The average Bonchev–Trinajstić information content (AvgIpc) is 3.15. The predicted molar refractivity (Wildman–Crippen MR) is 115 cm³/mol. The molecule has 0 bridgehead atoms. The lowest BCUT2D eigenvalue weighted by Crippen LogP contribution is -2.40. The number of amides is 1. The highest BCUT2D eigenvalue weighted by Crippen LogP contribution is 2.36. The van der Waals surface area contributed by atoms with Crippen LogP contribution in [-0.4, -0.2) is 40.9 Å². The number of hydrogen-bond acceptors (Lipinski definition) is 9. The van der Waals surface area contributed by atoms with E-state index < -0.39 is 31.0 Å². The molecule has 0 saturated carbocycles. The highest BCUT2D eigenvalue weighted by Gasteiger charge is 2.28. The van der Waals surface area contributed by atoms with Gasteiger partial charge in [0.25, 0.3) is 0 Å².